The third-order valence-corrected chi connectivity index (χ3v) is 4.89. The van der Waals surface area contributed by atoms with Crippen LogP contribution >= 0.6 is 0 Å². The maximum absolute atomic E-state index is 12.7. The first-order chi connectivity index (χ1) is 15.9. The highest BCUT2D eigenvalue weighted by molar-refractivity contribution is 5.56. The lowest BCUT2D eigenvalue weighted by atomic mass is 10.1. The van der Waals surface area contributed by atoms with E-state index in [1.165, 1.54) is 10.7 Å². The van der Waals surface area contributed by atoms with Gasteiger partial charge in [0, 0.05) is 18.2 Å². The van der Waals surface area contributed by atoms with Crippen LogP contribution in [-0.4, -0.2) is 58.4 Å². The van der Waals surface area contributed by atoms with Crippen LogP contribution in [-0.2, 0) is 11.3 Å². The second-order valence-corrected chi connectivity index (χ2v) is 8.21. The molecular formula is C24H29N5O4. The van der Waals surface area contributed by atoms with Crippen LogP contribution in [0.1, 0.15) is 37.4 Å². The van der Waals surface area contributed by atoms with Crippen molar-refractivity contribution in [3.63, 3.8) is 0 Å². The van der Waals surface area contributed by atoms with E-state index in [0.29, 0.717) is 23.9 Å². The van der Waals surface area contributed by atoms with Gasteiger partial charge in [0.15, 0.2) is 17.3 Å². The molecule has 0 atom stereocenters. The van der Waals surface area contributed by atoms with Gasteiger partial charge in [0.05, 0.1) is 31.2 Å². The molecule has 0 fully saturated rings. The number of benzene rings is 1. The number of rotatable bonds is 11. The molecule has 0 amide bonds. The molecule has 0 unspecified atom stereocenters. The highest BCUT2D eigenvalue weighted by atomic mass is 16.5. The summed E-state index contributed by atoms with van der Waals surface area (Å²) < 4.78 is 11.9. The molecule has 1 aromatic carbocycles. The maximum atomic E-state index is 12.7. The Morgan fingerprint density at radius 1 is 1.15 bits per heavy atom. The predicted octanol–water partition coefficient (Wildman–Crippen LogP) is 2.74. The van der Waals surface area contributed by atoms with Gasteiger partial charge in [-0.2, -0.15) is 5.10 Å². The Balaban J connectivity index is 1.76. The fourth-order valence-electron chi connectivity index (χ4n) is 3.15. The number of hydrogen-bond acceptors (Lipinski definition) is 8. The SMILES string of the molecule is CC(C)c1cc(OC=O)c(=O)n(Cc2cccc(-c3ncc(OCCCN(C)C)cn3)c2)n1. The van der Waals surface area contributed by atoms with Gasteiger partial charge >= 0.3 is 5.56 Å². The number of aromatic nitrogens is 4. The highest BCUT2D eigenvalue weighted by Crippen LogP contribution is 2.19. The fraction of sp³-hybridized carbons (Fsp3) is 0.375. The van der Waals surface area contributed by atoms with Gasteiger partial charge in [-0.25, -0.2) is 14.6 Å². The molecule has 0 spiro atoms. The summed E-state index contributed by atoms with van der Waals surface area (Å²) in [6.45, 7) is 5.93. The van der Waals surface area contributed by atoms with Crippen molar-refractivity contribution in [2.75, 3.05) is 27.2 Å². The van der Waals surface area contributed by atoms with Crippen molar-refractivity contribution in [2.24, 2.45) is 0 Å². The molecule has 0 aliphatic carbocycles. The van der Waals surface area contributed by atoms with Crippen LogP contribution in [0.25, 0.3) is 11.4 Å². The molecule has 0 N–H and O–H groups in total. The summed E-state index contributed by atoms with van der Waals surface area (Å²) in [6.07, 6.45) is 4.24. The summed E-state index contributed by atoms with van der Waals surface area (Å²) in [5.41, 5.74) is 1.84. The Bertz CT molecular complexity index is 1130. The lowest BCUT2D eigenvalue weighted by Crippen LogP contribution is -2.26. The summed E-state index contributed by atoms with van der Waals surface area (Å²) in [6, 6.07) is 9.08. The Hall–Kier alpha value is -3.59. The molecule has 0 saturated heterocycles. The van der Waals surface area contributed by atoms with E-state index in [-0.39, 0.29) is 24.7 Å². The molecule has 0 bridgehead atoms. The minimum atomic E-state index is -0.469. The maximum Gasteiger partial charge on any atom is 0.310 e. The standard InChI is InChI=1S/C24H29N5O4/c1-17(2)21-12-22(33-16-30)24(31)29(27-21)15-18-7-5-8-19(11-18)23-25-13-20(14-26-23)32-10-6-9-28(3)4/h5,7-8,11-14,16-17H,6,9-10,15H2,1-4H3. The summed E-state index contributed by atoms with van der Waals surface area (Å²) in [5.74, 6) is 1.20. The zero-order valence-corrected chi connectivity index (χ0v) is 19.4. The zero-order valence-electron chi connectivity index (χ0n) is 19.4. The summed E-state index contributed by atoms with van der Waals surface area (Å²) in [5, 5.41) is 4.43. The topological polar surface area (TPSA) is 99.4 Å². The Labute approximate surface area is 193 Å². The molecule has 9 heteroatoms. The van der Waals surface area contributed by atoms with E-state index in [1.54, 1.807) is 12.4 Å². The number of nitrogens with zero attached hydrogens (tertiary/aromatic N) is 5. The number of ether oxygens (including phenoxy) is 2. The average Bonchev–Trinajstić information content (AvgIpc) is 2.80. The van der Waals surface area contributed by atoms with E-state index in [2.05, 4.69) is 20.0 Å². The van der Waals surface area contributed by atoms with Gasteiger partial charge in [-0.1, -0.05) is 32.0 Å². The molecule has 0 radical (unpaired) electrons. The van der Waals surface area contributed by atoms with Crippen LogP contribution in [0.15, 0.2) is 47.5 Å². The largest absolute Gasteiger partial charge is 0.490 e. The number of carbonyl (C=O) groups is 1. The van der Waals surface area contributed by atoms with Crippen molar-refractivity contribution >= 4 is 6.47 Å². The van der Waals surface area contributed by atoms with Crippen LogP contribution in [0.3, 0.4) is 0 Å². The minimum Gasteiger partial charge on any atom is -0.490 e. The second kappa shape index (κ2) is 11.3. The predicted molar refractivity (Wildman–Crippen MR) is 125 cm³/mol. The first-order valence-electron chi connectivity index (χ1n) is 10.8. The van der Waals surface area contributed by atoms with E-state index in [9.17, 15) is 9.59 Å². The van der Waals surface area contributed by atoms with Gasteiger partial charge in [-0.05, 0) is 38.1 Å². The van der Waals surface area contributed by atoms with E-state index in [4.69, 9.17) is 9.47 Å². The zero-order chi connectivity index (χ0) is 23.8. The van der Waals surface area contributed by atoms with Crippen molar-refractivity contribution in [3.8, 4) is 22.9 Å². The molecule has 3 rings (SSSR count). The number of hydrogen-bond donors (Lipinski definition) is 0. The van der Waals surface area contributed by atoms with E-state index in [0.717, 1.165) is 24.1 Å². The van der Waals surface area contributed by atoms with E-state index in [1.807, 2.05) is 52.2 Å². The fourth-order valence-corrected chi connectivity index (χ4v) is 3.15. The Morgan fingerprint density at radius 2 is 1.91 bits per heavy atom. The summed E-state index contributed by atoms with van der Waals surface area (Å²) >= 11 is 0. The quantitative estimate of drug-likeness (QED) is 0.324. The lowest BCUT2D eigenvalue weighted by Gasteiger charge is -2.12. The molecule has 174 valence electrons. The van der Waals surface area contributed by atoms with Crippen molar-refractivity contribution in [2.45, 2.75) is 32.7 Å². The molecular weight excluding hydrogens is 422 g/mol. The van der Waals surface area contributed by atoms with Crippen LogP contribution in [0, 0.1) is 0 Å². The molecule has 33 heavy (non-hydrogen) atoms. The van der Waals surface area contributed by atoms with Gasteiger partial charge in [-0.3, -0.25) is 9.59 Å². The van der Waals surface area contributed by atoms with Crippen molar-refractivity contribution < 1.29 is 14.3 Å². The molecule has 2 aromatic heterocycles. The van der Waals surface area contributed by atoms with Gasteiger partial charge in [-0.15, -0.1) is 0 Å². The van der Waals surface area contributed by atoms with Crippen molar-refractivity contribution in [1.82, 2.24) is 24.6 Å². The van der Waals surface area contributed by atoms with Crippen LogP contribution in [0.2, 0.25) is 0 Å². The molecule has 3 aromatic rings. The van der Waals surface area contributed by atoms with Crippen LogP contribution in [0.4, 0.5) is 0 Å². The third kappa shape index (κ3) is 6.69. The van der Waals surface area contributed by atoms with Gasteiger partial charge < -0.3 is 14.4 Å². The summed E-state index contributed by atoms with van der Waals surface area (Å²) in [7, 11) is 4.05. The molecule has 0 aliphatic rings. The normalized spacial score (nSPS) is 11.1. The highest BCUT2D eigenvalue weighted by Gasteiger charge is 2.13. The second-order valence-electron chi connectivity index (χ2n) is 8.21. The van der Waals surface area contributed by atoms with E-state index >= 15 is 0 Å². The molecule has 2 heterocycles. The van der Waals surface area contributed by atoms with Gasteiger partial charge in [0.25, 0.3) is 6.47 Å². The monoisotopic (exact) mass is 451 g/mol. The minimum absolute atomic E-state index is 0.0376. The van der Waals surface area contributed by atoms with Gasteiger partial charge in [0.2, 0.25) is 0 Å². The molecule has 9 nitrogen and oxygen atoms in total. The first kappa shape index (κ1) is 24.1. The Morgan fingerprint density at radius 3 is 2.58 bits per heavy atom. The lowest BCUT2D eigenvalue weighted by molar-refractivity contribution is -0.120. The number of carbonyl (C=O) groups excluding carboxylic acids is 1. The average molecular weight is 452 g/mol. The third-order valence-electron chi connectivity index (χ3n) is 4.89. The van der Waals surface area contributed by atoms with Crippen molar-refractivity contribution in [1.29, 1.82) is 0 Å². The van der Waals surface area contributed by atoms with Crippen LogP contribution in [0.5, 0.6) is 11.5 Å². The smallest absolute Gasteiger partial charge is 0.310 e. The van der Waals surface area contributed by atoms with Crippen LogP contribution < -0.4 is 15.0 Å². The molecule has 0 aliphatic heterocycles. The molecule has 0 saturated carbocycles. The van der Waals surface area contributed by atoms with E-state index < -0.39 is 5.56 Å². The summed E-state index contributed by atoms with van der Waals surface area (Å²) in [4.78, 5) is 34.4. The Kier molecular flexibility index (Phi) is 8.26. The first-order valence-corrected chi connectivity index (χ1v) is 10.8. The van der Waals surface area contributed by atoms with Crippen molar-refractivity contribution in [3.05, 3.63) is 64.3 Å². The van der Waals surface area contributed by atoms with Gasteiger partial charge in [0.1, 0.15) is 0 Å².